The molecular formula is C20H14N4O3. The Labute approximate surface area is 154 Å². The van der Waals surface area contributed by atoms with E-state index in [1.165, 1.54) is 12.6 Å². The average Bonchev–Trinajstić information content (AvgIpc) is 3.47. The van der Waals surface area contributed by atoms with Gasteiger partial charge in [-0.3, -0.25) is 9.78 Å². The SMILES string of the molecule is O=C(c1ccno1)N1Cc2cc(-c3cccnc3)ccc2[C@H]1c1cnco1. The number of benzene rings is 1. The van der Waals surface area contributed by atoms with Gasteiger partial charge < -0.3 is 13.8 Å². The van der Waals surface area contributed by atoms with Crippen LogP contribution in [0.25, 0.3) is 11.1 Å². The zero-order valence-electron chi connectivity index (χ0n) is 14.1. The number of pyridine rings is 1. The zero-order valence-corrected chi connectivity index (χ0v) is 14.1. The van der Waals surface area contributed by atoms with E-state index in [0.717, 1.165) is 22.3 Å². The molecule has 0 radical (unpaired) electrons. The van der Waals surface area contributed by atoms with Crippen molar-refractivity contribution in [2.45, 2.75) is 12.6 Å². The molecule has 0 aliphatic carbocycles. The third-order valence-corrected chi connectivity index (χ3v) is 4.72. The molecule has 1 amide bonds. The Kier molecular flexibility index (Phi) is 3.57. The number of hydrogen-bond donors (Lipinski definition) is 0. The molecule has 4 heterocycles. The molecule has 0 fully saturated rings. The first-order valence-corrected chi connectivity index (χ1v) is 8.44. The number of amides is 1. The van der Waals surface area contributed by atoms with Crippen LogP contribution < -0.4 is 0 Å². The smallest absolute Gasteiger partial charge is 0.293 e. The van der Waals surface area contributed by atoms with Crippen LogP contribution in [0, 0.1) is 0 Å². The molecule has 5 rings (SSSR count). The fraction of sp³-hybridized carbons (Fsp3) is 0.100. The zero-order chi connectivity index (χ0) is 18.2. The van der Waals surface area contributed by atoms with E-state index < -0.39 is 0 Å². The molecular weight excluding hydrogens is 344 g/mol. The van der Waals surface area contributed by atoms with Crippen molar-refractivity contribution in [3.63, 3.8) is 0 Å². The van der Waals surface area contributed by atoms with Gasteiger partial charge in [0.05, 0.1) is 12.4 Å². The second kappa shape index (κ2) is 6.21. The Bertz CT molecular complexity index is 1080. The Morgan fingerprint density at radius 1 is 1.07 bits per heavy atom. The summed E-state index contributed by atoms with van der Waals surface area (Å²) in [7, 11) is 0. The van der Waals surface area contributed by atoms with E-state index in [9.17, 15) is 4.79 Å². The maximum absolute atomic E-state index is 13.0. The van der Waals surface area contributed by atoms with E-state index in [4.69, 9.17) is 8.94 Å². The lowest BCUT2D eigenvalue weighted by Gasteiger charge is -2.22. The van der Waals surface area contributed by atoms with Crippen LogP contribution in [0.5, 0.6) is 0 Å². The van der Waals surface area contributed by atoms with Crippen molar-refractivity contribution in [3.05, 3.63) is 90.2 Å². The molecule has 0 unspecified atom stereocenters. The van der Waals surface area contributed by atoms with Crippen LogP contribution in [0.15, 0.2) is 76.5 Å². The second-order valence-electron chi connectivity index (χ2n) is 6.27. The topological polar surface area (TPSA) is 85.3 Å². The van der Waals surface area contributed by atoms with Crippen molar-refractivity contribution < 1.29 is 13.7 Å². The summed E-state index contributed by atoms with van der Waals surface area (Å²) in [4.78, 5) is 22.9. The van der Waals surface area contributed by atoms with Crippen LogP contribution in [-0.4, -0.2) is 25.9 Å². The largest absolute Gasteiger partial charge is 0.446 e. The number of rotatable bonds is 3. The third kappa shape index (κ3) is 2.60. The van der Waals surface area contributed by atoms with Gasteiger partial charge in [0.1, 0.15) is 6.04 Å². The van der Waals surface area contributed by atoms with Gasteiger partial charge in [0.15, 0.2) is 12.2 Å². The molecule has 1 aliphatic heterocycles. The quantitative estimate of drug-likeness (QED) is 0.557. The van der Waals surface area contributed by atoms with Crippen molar-refractivity contribution in [2.75, 3.05) is 0 Å². The van der Waals surface area contributed by atoms with Gasteiger partial charge in [0.2, 0.25) is 5.76 Å². The number of hydrogen-bond acceptors (Lipinski definition) is 6. The first-order chi connectivity index (χ1) is 13.3. The molecule has 0 bridgehead atoms. The van der Waals surface area contributed by atoms with Gasteiger partial charge in [-0.1, -0.05) is 23.4 Å². The first-order valence-electron chi connectivity index (χ1n) is 8.44. The van der Waals surface area contributed by atoms with E-state index in [2.05, 4.69) is 21.2 Å². The van der Waals surface area contributed by atoms with Crippen LogP contribution in [0.4, 0.5) is 0 Å². The molecule has 1 aromatic carbocycles. The normalized spacial score (nSPS) is 15.7. The molecule has 27 heavy (non-hydrogen) atoms. The maximum Gasteiger partial charge on any atom is 0.293 e. The fourth-order valence-electron chi connectivity index (χ4n) is 3.49. The molecule has 1 atom stereocenters. The van der Waals surface area contributed by atoms with Crippen LogP contribution in [-0.2, 0) is 6.54 Å². The Balaban J connectivity index is 1.58. The summed E-state index contributed by atoms with van der Waals surface area (Å²) in [6.45, 7) is 0.439. The molecule has 0 saturated heterocycles. The Morgan fingerprint density at radius 2 is 2.04 bits per heavy atom. The van der Waals surface area contributed by atoms with Gasteiger partial charge in [-0.25, -0.2) is 4.98 Å². The number of carbonyl (C=O) groups is 1. The van der Waals surface area contributed by atoms with Gasteiger partial charge in [0.25, 0.3) is 5.91 Å². The van der Waals surface area contributed by atoms with Crippen molar-refractivity contribution in [2.24, 2.45) is 0 Å². The van der Waals surface area contributed by atoms with Crippen molar-refractivity contribution in [1.82, 2.24) is 20.0 Å². The molecule has 132 valence electrons. The summed E-state index contributed by atoms with van der Waals surface area (Å²) in [5, 5.41) is 3.64. The summed E-state index contributed by atoms with van der Waals surface area (Å²) >= 11 is 0. The van der Waals surface area contributed by atoms with Crippen LogP contribution in [0.3, 0.4) is 0 Å². The molecule has 7 nitrogen and oxygen atoms in total. The summed E-state index contributed by atoms with van der Waals surface area (Å²) in [5.74, 6) is 0.559. The van der Waals surface area contributed by atoms with E-state index in [1.807, 2.05) is 30.5 Å². The minimum atomic E-state index is -0.358. The maximum atomic E-state index is 13.0. The highest BCUT2D eigenvalue weighted by molar-refractivity contribution is 5.92. The van der Waals surface area contributed by atoms with Gasteiger partial charge in [-0.2, -0.15) is 0 Å². The monoisotopic (exact) mass is 358 g/mol. The third-order valence-electron chi connectivity index (χ3n) is 4.72. The summed E-state index contributed by atoms with van der Waals surface area (Å²) in [6.07, 6.45) is 8.03. The van der Waals surface area contributed by atoms with Gasteiger partial charge >= 0.3 is 0 Å². The van der Waals surface area contributed by atoms with Gasteiger partial charge in [-0.15, -0.1) is 0 Å². The number of fused-ring (bicyclic) bond motifs is 1. The second-order valence-corrected chi connectivity index (χ2v) is 6.27. The van der Waals surface area contributed by atoms with Gasteiger partial charge in [-0.05, 0) is 34.4 Å². The Hall–Kier alpha value is -3.74. The van der Waals surface area contributed by atoms with Crippen molar-refractivity contribution in [1.29, 1.82) is 0 Å². The predicted octanol–water partition coefficient (Wildman–Crippen LogP) is 3.47. The minimum Gasteiger partial charge on any atom is -0.446 e. The average molecular weight is 358 g/mol. The Morgan fingerprint density at radius 3 is 2.78 bits per heavy atom. The highest BCUT2D eigenvalue weighted by Gasteiger charge is 2.38. The van der Waals surface area contributed by atoms with E-state index in [0.29, 0.717) is 12.3 Å². The lowest BCUT2D eigenvalue weighted by Crippen LogP contribution is -2.29. The number of oxazole rings is 1. The highest BCUT2D eigenvalue weighted by Crippen LogP contribution is 2.40. The summed E-state index contributed by atoms with van der Waals surface area (Å²) in [5.41, 5.74) is 4.13. The van der Waals surface area contributed by atoms with Gasteiger partial charge in [0, 0.05) is 25.0 Å². The summed E-state index contributed by atoms with van der Waals surface area (Å²) < 4.78 is 10.6. The predicted molar refractivity (Wildman–Crippen MR) is 94.4 cm³/mol. The van der Waals surface area contributed by atoms with Crippen LogP contribution in [0.1, 0.15) is 33.5 Å². The van der Waals surface area contributed by atoms with E-state index >= 15 is 0 Å². The molecule has 1 aliphatic rings. The van der Waals surface area contributed by atoms with Crippen LogP contribution in [0.2, 0.25) is 0 Å². The van der Waals surface area contributed by atoms with E-state index in [1.54, 1.807) is 23.4 Å². The van der Waals surface area contributed by atoms with E-state index in [-0.39, 0.29) is 17.7 Å². The molecule has 0 saturated carbocycles. The minimum absolute atomic E-state index is 0.194. The fourth-order valence-corrected chi connectivity index (χ4v) is 3.49. The van der Waals surface area contributed by atoms with Crippen molar-refractivity contribution >= 4 is 5.91 Å². The van der Waals surface area contributed by atoms with Crippen LogP contribution >= 0.6 is 0 Å². The number of carbonyl (C=O) groups excluding carboxylic acids is 1. The number of aromatic nitrogens is 3. The highest BCUT2D eigenvalue weighted by atomic mass is 16.5. The standard InChI is InChI=1S/C20H14N4O3/c25-20(17-5-7-23-27-17)24-11-15-8-13(14-2-1-6-21-9-14)3-4-16(15)19(24)18-10-22-12-26-18/h1-10,12,19H,11H2/t19-/m0/s1. The molecule has 0 spiro atoms. The number of nitrogens with zero attached hydrogens (tertiary/aromatic N) is 4. The lowest BCUT2D eigenvalue weighted by atomic mass is 9.98. The molecule has 7 heteroatoms. The lowest BCUT2D eigenvalue weighted by molar-refractivity contribution is 0.0661. The molecule has 4 aromatic rings. The first kappa shape index (κ1) is 15.5. The molecule has 3 aromatic heterocycles. The molecule has 0 N–H and O–H groups in total. The van der Waals surface area contributed by atoms with Crippen molar-refractivity contribution in [3.8, 4) is 11.1 Å². The summed E-state index contributed by atoms with van der Waals surface area (Å²) in [6, 6.07) is 11.3.